The molecule has 116 valence electrons. The van der Waals surface area contributed by atoms with Crippen molar-refractivity contribution in [2.24, 2.45) is 5.41 Å². The molecule has 2 rings (SSSR count). The zero-order valence-electron chi connectivity index (χ0n) is 11.8. The molecule has 0 amide bonds. The summed E-state index contributed by atoms with van der Waals surface area (Å²) in [5.41, 5.74) is -2.58. The minimum Gasteiger partial charge on any atom is -0.481 e. The fraction of sp³-hybridized carbons (Fsp3) is 0.923. The Morgan fingerprint density at radius 2 is 2.00 bits per heavy atom. The molecule has 0 aliphatic carbocycles. The number of nitrogens with zero attached hydrogens (tertiary/aromatic N) is 2. The van der Waals surface area contributed by atoms with Gasteiger partial charge in [0.15, 0.2) is 5.41 Å². The maximum atomic E-state index is 13.1. The van der Waals surface area contributed by atoms with E-state index in [1.165, 1.54) is 0 Å². The van der Waals surface area contributed by atoms with Gasteiger partial charge >= 0.3 is 12.1 Å². The van der Waals surface area contributed by atoms with Gasteiger partial charge in [-0.1, -0.05) is 0 Å². The topological polar surface area (TPSA) is 43.8 Å². The Kier molecular flexibility index (Phi) is 4.03. The van der Waals surface area contributed by atoms with E-state index < -0.39 is 24.1 Å². The van der Waals surface area contributed by atoms with Gasteiger partial charge in [-0.3, -0.25) is 9.69 Å². The predicted molar refractivity (Wildman–Crippen MR) is 67.4 cm³/mol. The number of rotatable bonds is 2. The van der Waals surface area contributed by atoms with Gasteiger partial charge in [-0.05, 0) is 46.3 Å². The Labute approximate surface area is 116 Å². The number of hydrogen-bond acceptors (Lipinski definition) is 3. The number of carboxylic acids is 1. The first-order chi connectivity index (χ1) is 9.17. The second-order valence-electron chi connectivity index (χ2n) is 6.11. The maximum Gasteiger partial charge on any atom is 0.406 e. The van der Waals surface area contributed by atoms with Crippen molar-refractivity contribution in [3.63, 3.8) is 0 Å². The molecule has 1 N–H and O–H groups in total. The fourth-order valence-electron chi connectivity index (χ4n) is 3.27. The second kappa shape index (κ2) is 5.18. The molecule has 2 fully saturated rings. The van der Waals surface area contributed by atoms with Crippen LogP contribution in [0.4, 0.5) is 13.2 Å². The van der Waals surface area contributed by atoms with E-state index in [9.17, 15) is 18.0 Å². The van der Waals surface area contributed by atoms with Gasteiger partial charge < -0.3 is 10.0 Å². The molecule has 2 heterocycles. The van der Waals surface area contributed by atoms with Crippen LogP contribution in [-0.2, 0) is 4.79 Å². The largest absolute Gasteiger partial charge is 0.481 e. The van der Waals surface area contributed by atoms with E-state index >= 15 is 0 Å². The normalized spacial score (nSPS) is 37.2. The lowest BCUT2D eigenvalue weighted by atomic mass is 9.86. The molecule has 3 unspecified atom stereocenters. The van der Waals surface area contributed by atoms with Gasteiger partial charge in [0.25, 0.3) is 0 Å². The van der Waals surface area contributed by atoms with Crippen LogP contribution in [0, 0.1) is 5.41 Å². The molecule has 2 aliphatic rings. The SMILES string of the molecule is CC1CC(N2CCC(C(=O)O)(C(F)(F)F)C2)CCN1C. The first kappa shape index (κ1) is 15.6. The minimum atomic E-state index is -4.69. The summed E-state index contributed by atoms with van der Waals surface area (Å²) in [6.07, 6.45) is -3.43. The molecule has 2 aliphatic heterocycles. The highest BCUT2D eigenvalue weighted by Crippen LogP contribution is 2.46. The van der Waals surface area contributed by atoms with Gasteiger partial charge in [-0.15, -0.1) is 0 Å². The number of carbonyl (C=O) groups is 1. The zero-order chi connectivity index (χ0) is 15.1. The Hall–Kier alpha value is -0.820. The summed E-state index contributed by atoms with van der Waals surface area (Å²) < 4.78 is 39.4. The summed E-state index contributed by atoms with van der Waals surface area (Å²) in [4.78, 5) is 15.1. The average Bonchev–Trinajstić information content (AvgIpc) is 2.78. The van der Waals surface area contributed by atoms with E-state index in [2.05, 4.69) is 11.8 Å². The minimum absolute atomic E-state index is 0.0600. The third kappa shape index (κ3) is 2.53. The summed E-state index contributed by atoms with van der Waals surface area (Å²) in [6, 6.07) is 0.379. The number of aliphatic carboxylic acids is 1. The Morgan fingerprint density at radius 1 is 1.35 bits per heavy atom. The van der Waals surface area contributed by atoms with Crippen molar-refractivity contribution >= 4 is 5.97 Å². The van der Waals surface area contributed by atoms with Crippen molar-refractivity contribution < 1.29 is 23.1 Å². The molecule has 20 heavy (non-hydrogen) atoms. The molecule has 0 aromatic rings. The number of alkyl halides is 3. The molecule has 0 aromatic carbocycles. The lowest BCUT2D eigenvalue weighted by Gasteiger charge is -2.40. The summed E-state index contributed by atoms with van der Waals surface area (Å²) >= 11 is 0. The van der Waals surface area contributed by atoms with Crippen LogP contribution in [0.15, 0.2) is 0 Å². The van der Waals surface area contributed by atoms with E-state index in [1.54, 1.807) is 4.90 Å². The number of halogens is 3. The average molecular weight is 294 g/mol. The van der Waals surface area contributed by atoms with Crippen LogP contribution >= 0.6 is 0 Å². The molecule has 2 saturated heterocycles. The number of piperidine rings is 1. The third-order valence-electron chi connectivity index (χ3n) is 4.95. The van der Waals surface area contributed by atoms with E-state index in [1.807, 2.05) is 7.05 Å². The van der Waals surface area contributed by atoms with Crippen LogP contribution in [0.2, 0.25) is 0 Å². The second-order valence-corrected chi connectivity index (χ2v) is 6.11. The lowest BCUT2D eigenvalue weighted by molar-refractivity contribution is -0.228. The van der Waals surface area contributed by atoms with Gasteiger partial charge in [0, 0.05) is 18.6 Å². The Balaban J connectivity index is 2.10. The van der Waals surface area contributed by atoms with Gasteiger partial charge in [0.1, 0.15) is 0 Å². The van der Waals surface area contributed by atoms with Crippen LogP contribution < -0.4 is 0 Å². The number of hydrogen-bond donors (Lipinski definition) is 1. The molecule has 0 aromatic heterocycles. The maximum absolute atomic E-state index is 13.1. The van der Waals surface area contributed by atoms with E-state index in [0.717, 1.165) is 19.4 Å². The Morgan fingerprint density at radius 3 is 2.45 bits per heavy atom. The standard InChI is InChI=1S/C13H21F3N2O2/c1-9-7-10(3-5-17(9)2)18-6-4-12(8-18,11(19)20)13(14,15)16/h9-10H,3-8H2,1-2H3,(H,19,20). The highest BCUT2D eigenvalue weighted by atomic mass is 19.4. The van der Waals surface area contributed by atoms with E-state index in [-0.39, 0.29) is 19.0 Å². The van der Waals surface area contributed by atoms with E-state index in [0.29, 0.717) is 6.04 Å². The zero-order valence-corrected chi connectivity index (χ0v) is 11.8. The van der Waals surface area contributed by atoms with Crippen LogP contribution in [0.5, 0.6) is 0 Å². The van der Waals surface area contributed by atoms with Gasteiger partial charge in [0.05, 0.1) is 0 Å². The molecule has 0 bridgehead atoms. The highest BCUT2D eigenvalue weighted by molar-refractivity contribution is 5.76. The van der Waals surface area contributed by atoms with Crippen LogP contribution in [0.3, 0.4) is 0 Å². The van der Waals surface area contributed by atoms with Gasteiger partial charge in [0.2, 0.25) is 0 Å². The van der Waals surface area contributed by atoms with Crippen molar-refractivity contribution in [1.29, 1.82) is 0 Å². The molecular formula is C13H21F3N2O2. The van der Waals surface area contributed by atoms with Crippen molar-refractivity contribution in [3.8, 4) is 0 Å². The van der Waals surface area contributed by atoms with Crippen molar-refractivity contribution in [2.45, 2.75) is 44.4 Å². The smallest absolute Gasteiger partial charge is 0.406 e. The summed E-state index contributed by atoms with van der Waals surface area (Å²) in [5, 5.41) is 9.05. The summed E-state index contributed by atoms with van der Waals surface area (Å²) in [7, 11) is 2.00. The molecule has 7 heteroatoms. The molecule has 0 spiro atoms. The molecular weight excluding hydrogens is 273 g/mol. The fourth-order valence-corrected chi connectivity index (χ4v) is 3.27. The first-order valence-corrected chi connectivity index (χ1v) is 6.92. The van der Waals surface area contributed by atoms with Crippen LogP contribution in [0.25, 0.3) is 0 Å². The van der Waals surface area contributed by atoms with Crippen LogP contribution in [-0.4, -0.2) is 65.8 Å². The van der Waals surface area contributed by atoms with Crippen molar-refractivity contribution in [1.82, 2.24) is 9.80 Å². The van der Waals surface area contributed by atoms with Gasteiger partial charge in [-0.25, -0.2) is 0 Å². The number of likely N-dealkylation sites (tertiary alicyclic amines) is 2. The molecule has 0 radical (unpaired) electrons. The summed E-state index contributed by atoms with van der Waals surface area (Å²) in [5.74, 6) is -1.74. The van der Waals surface area contributed by atoms with Crippen molar-refractivity contribution in [2.75, 3.05) is 26.7 Å². The lowest BCUT2D eigenvalue weighted by Crippen LogP contribution is -2.51. The van der Waals surface area contributed by atoms with Crippen molar-refractivity contribution in [3.05, 3.63) is 0 Å². The summed E-state index contributed by atoms with van der Waals surface area (Å²) in [6.45, 7) is 2.70. The van der Waals surface area contributed by atoms with E-state index in [4.69, 9.17) is 5.11 Å². The Bertz CT molecular complexity index is 388. The highest BCUT2D eigenvalue weighted by Gasteiger charge is 2.64. The molecule has 0 saturated carbocycles. The van der Waals surface area contributed by atoms with Gasteiger partial charge in [-0.2, -0.15) is 13.2 Å². The molecule has 4 nitrogen and oxygen atoms in total. The molecule has 3 atom stereocenters. The van der Waals surface area contributed by atoms with Crippen LogP contribution in [0.1, 0.15) is 26.2 Å². The predicted octanol–water partition coefficient (Wildman–Crippen LogP) is 1.81. The third-order valence-corrected chi connectivity index (χ3v) is 4.95. The number of carboxylic acid groups (broad SMARTS) is 1. The monoisotopic (exact) mass is 294 g/mol. The first-order valence-electron chi connectivity index (χ1n) is 6.92. The quantitative estimate of drug-likeness (QED) is 0.843.